The van der Waals surface area contributed by atoms with Gasteiger partial charge in [-0.25, -0.2) is 14.8 Å². The number of halogens is 1. The van der Waals surface area contributed by atoms with Crippen LogP contribution in [0, 0.1) is 0 Å². The van der Waals surface area contributed by atoms with Crippen molar-refractivity contribution in [2.75, 3.05) is 18.0 Å². The molecule has 1 N–H and O–H groups in total. The zero-order valence-electron chi connectivity index (χ0n) is 14.2. The average molecular weight is 341 g/mol. The first-order valence-electron chi connectivity index (χ1n) is 8.05. The molecule has 7 heteroatoms. The van der Waals surface area contributed by atoms with E-state index >= 15 is 0 Å². The fourth-order valence-corrected chi connectivity index (χ4v) is 2.92. The molecule has 1 amide bonds. The minimum Gasteiger partial charge on any atom is -0.443 e. The molecule has 0 aliphatic carbocycles. The van der Waals surface area contributed by atoms with E-state index in [2.05, 4.69) is 15.3 Å². The van der Waals surface area contributed by atoms with Crippen molar-refractivity contribution in [2.24, 2.45) is 0 Å². The van der Waals surface area contributed by atoms with Gasteiger partial charge in [-0.05, 0) is 53.1 Å². The average Bonchev–Trinajstić information content (AvgIpc) is 2.48. The molecule has 1 aromatic heterocycles. The van der Waals surface area contributed by atoms with E-state index in [1.165, 1.54) is 6.33 Å². The molecule has 128 valence electrons. The number of aryl methyl sites for hydroxylation is 1. The van der Waals surface area contributed by atoms with Crippen LogP contribution in [0.1, 0.15) is 46.2 Å². The Morgan fingerprint density at radius 1 is 1.39 bits per heavy atom. The van der Waals surface area contributed by atoms with Crippen LogP contribution < -0.4 is 10.2 Å². The molecule has 23 heavy (non-hydrogen) atoms. The highest BCUT2D eigenvalue weighted by Crippen LogP contribution is 2.30. The zero-order valence-corrected chi connectivity index (χ0v) is 15.0. The third-order valence-electron chi connectivity index (χ3n) is 3.67. The molecule has 0 radical (unpaired) electrons. The van der Waals surface area contributed by atoms with Crippen LogP contribution in [0.25, 0.3) is 0 Å². The normalized spacial score (nSPS) is 16.2. The van der Waals surface area contributed by atoms with Gasteiger partial charge in [0.25, 0.3) is 0 Å². The lowest BCUT2D eigenvalue weighted by Gasteiger charge is -2.35. The molecule has 0 bridgehead atoms. The summed E-state index contributed by atoms with van der Waals surface area (Å²) in [5.74, 6) is 0.444. The number of nitrogens with one attached hydrogen (secondary N) is 1. The molecular formula is C16H25ClN4O2. The molecule has 1 aromatic rings. The standard InChI is InChI=1S/C16H25ClN4O2/c1-5-12-13(17)14(20-10-19-12)21(11-6-8-18-9-7-11)15(22)23-16(2,3)4/h10-11,18H,5-9H2,1-4H3. The Morgan fingerprint density at radius 3 is 2.61 bits per heavy atom. The maximum atomic E-state index is 12.8. The van der Waals surface area contributed by atoms with E-state index in [9.17, 15) is 4.79 Å². The van der Waals surface area contributed by atoms with Gasteiger partial charge < -0.3 is 10.1 Å². The van der Waals surface area contributed by atoms with Crippen molar-refractivity contribution >= 4 is 23.5 Å². The first-order chi connectivity index (χ1) is 10.8. The number of carbonyl (C=O) groups excluding carboxylic acids is 1. The molecule has 0 unspecified atom stereocenters. The molecule has 0 spiro atoms. The minimum absolute atomic E-state index is 0.0169. The van der Waals surface area contributed by atoms with E-state index in [1.807, 2.05) is 27.7 Å². The van der Waals surface area contributed by atoms with E-state index in [4.69, 9.17) is 16.3 Å². The summed E-state index contributed by atoms with van der Waals surface area (Å²) in [5.41, 5.74) is 0.161. The number of anilines is 1. The smallest absolute Gasteiger partial charge is 0.416 e. The van der Waals surface area contributed by atoms with E-state index in [0.717, 1.165) is 31.6 Å². The molecule has 1 saturated heterocycles. The molecule has 6 nitrogen and oxygen atoms in total. The number of carbonyl (C=O) groups is 1. The summed E-state index contributed by atoms with van der Waals surface area (Å²) in [7, 11) is 0. The highest BCUT2D eigenvalue weighted by molar-refractivity contribution is 6.34. The highest BCUT2D eigenvalue weighted by atomic mass is 35.5. The van der Waals surface area contributed by atoms with Gasteiger partial charge in [-0.2, -0.15) is 0 Å². The second-order valence-corrected chi connectivity index (χ2v) is 7.02. The van der Waals surface area contributed by atoms with E-state index in [0.29, 0.717) is 17.3 Å². The van der Waals surface area contributed by atoms with Gasteiger partial charge in [-0.3, -0.25) is 4.90 Å². The number of nitrogens with zero attached hydrogens (tertiary/aromatic N) is 3. The van der Waals surface area contributed by atoms with Crippen LogP contribution in [-0.4, -0.2) is 40.8 Å². The zero-order chi connectivity index (χ0) is 17.0. The van der Waals surface area contributed by atoms with Crippen molar-refractivity contribution in [1.82, 2.24) is 15.3 Å². The van der Waals surface area contributed by atoms with Crippen molar-refractivity contribution in [3.05, 3.63) is 17.0 Å². The Balaban J connectivity index is 2.38. The number of piperidine rings is 1. The molecule has 2 rings (SSSR count). The first-order valence-corrected chi connectivity index (χ1v) is 8.43. The number of amides is 1. The maximum Gasteiger partial charge on any atom is 0.416 e. The van der Waals surface area contributed by atoms with Crippen LogP contribution in [0.2, 0.25) is 5.02 Å². The lowest BCUT2D eigenvalue weighted by molar-refractivity contribution is 0.0558. The van der Waals surface area contributed by atoms with Gasteiger partial charge in [0.05, 0.1) is 5.69 Å². The molecule has 2 heterocycles. The Labute approximate surface area is 142 Å². The van der Waals surface area contributed by atoms with Crippen LogP contribution in [0.4, 0.5) is 10.6 Å². The Morgan fingerprint density at radius 2 is 2.04 bits per heavy atom. The summed E-state index contributed by atoms with van der Waals surface area (Å²) in [6, 6.07) is 0.0169. The lowest BCUT2D eigenvalue weighted by atomic mass is 10.0. The number of aromatic nitrogens is 2. The van der Waals surface area contributed by atoms with Gasteiger partial charge in [-0.1, -0.05) is 18.5 Å². The SMILES string of the molecule is CCc1ncnc(N(C(=O)OC(C)(C)C)C2CCNCC2)c1Cl. The summed E-state index contributed by atoms with van der Waals surface area (Å²) in [6.07, 6.45) is 3.40. The Hall–Kier alpha value is -1.40. The quantitative estimate of drug-likeness (QED) is 0.915. The Kier molecular flexibility index (Phi) is 5.81. The number of hydrogen-bond acceptors (Lipinski definition) is 5. The highest BCUT2D eigenvalue weighted by Gasteiger charge is 2.33. The largest absolute Gasteiger partial charge is 0.443 e. The number of rotatable bonds is 3. The summed E-state index contributed by atoms with van der Waals surface area (Å²) < 4.78 is 5.58. The second-order valence-electron chi connectivity index (χ2n) is 6.64. The third kappa shape index (κ3) is 4.54. The van der Waals surface area contributed by atoms with Crippen molar-refractivity contribution in [1.29, 1.82) is 0 Å². The predicted molar refractivity (Wildman–Crippen MR) is 91.0 cm³/mol. The van der Waals surface area contributed by atoms with E-state index in [-0.39, 0.29) is 6.04 Å². The fraction of sp³-hybridized carbons (Fsp3) is 0.688. The molecule has 1 fully saturated rings. The van der Waals surface area contributed by atoms with Crippen molar-refractivity contribution in [3.63, 3.8) is 0 Å². The van der Waals surface area contributed by atoms with Gasteiger partial charge in [0.1, 0.15) is 17.0 Å². The third-order valence-corrected chi connectivity index (χ3v) is 4.06. The van der Waals surface area contributed by atoms with Crippen LogP contribution in [-0.2, 0) is 11.2 Å². The van der Waals surface area contributed by atoms with Gasteiger partial charge in [-0.15, -0.1) is 0 Å². The first kappa shape index (κ1) is 17.9. The van der Waals surface area contributed by atoms with Gasteiger partial charge in [0, 0.05) is 6.04 Å². The monoisotopic (exact) mass is 340 g/mol. The van der Waals surface area contributed by atoms with E-state index in [1.54, 1.807) is 4.90 Å². The fourth-order valence-electron chi connectivity index (χ4n) is 2.59. The lowest BCUT2D eigenvalue weighted by Crippen LogP contribution is -2.48. The van der Waals surface area contributed by atoms with Crippen LogP contribution in [0.15, 0.2) is 6.33 Å². The van der Waals surface area contributed by atoms with Crippen molar-refractivity contribution < 1.29 is 9.53 Å². The van der Waals surface area contributed by atoms with Crippen LogP contribution in [0.5, 0.6) is 0 Å². The minimum atomic E-state index is -0.574. The topological polar surface area (TPSA) is 67.4 Å². The van der Waals surface area contributed by atoms with Crippen molar-refractivity contribution in [2.45, 2.75) is 58.6 Å². The predicted octanol–water partition coefficient (Wildman–Crippen LogP) is 3.19. The van der Waals surface area contributed by atoms with Gasteiger partial charge in [0.2, 0.25) is 0 Å². The summed E-state index contributed by atoms with van der Waals surface area (Å²) >= 11 is 6.45. The molecule has 1 aliphatic heterocycles. The van der Waals surface area contributed by atoms with Crippen molar-refractivity contribution in [3.8, 4) is 0 Å². The van der Waals surface area contributed by atoms with Crippen LogP contribution in [0.3, 0.4) is 0 Å². The summed E-state index contributed by atoms with van der Waals surface area (Å²) in [5, 5.41) is 3.73. The summed E-state index contributed by atoms with van der Waals surface area (Å²) in [4.78, 5) is 22.8. The van der Waals surface area contributed by atoms with Crippen LogP contribution >= 0.6 is 11.6 Å². The summed E-state index contributed by atoms with van der Waals surface area (Å²) in [6.45, 7) is 9.24. The molecule has 0 aromatic carbocycles. The number of hydrogen-bond donors (Lipinski definition) is 1. The second kappa shape index (κ2) is 7.45. The Bertz CT molecular complexity index is 554. The molecule has 0 atom stereocenters. The maximum absolute atomic E-state index is 12.8. The molecule has 0 saturated carbocycles. The van der Waals surface area contributed by atoms with E-state index < -0.39 is 11.7 Å². The molecule has 1 aliphatic rings. The van der Waals surface area contributed by atoms with Gasteiger partial charge >= 0.3 is 6.09 Å². The number of ether oxygens (including phenoxy) is 1. The van der Waals surface area contributed by atoms with Gasteiger partial charge in [0.15, 0.2) is 5.82 Å². The molecular weight excluding hydrogens is 316 g/mol.